The zero-order valence-electron chi connectivity index (χ0n) is 17.2. The number of hydrogen-bond donors (Lipinski definition) is 0. The van der Waals surface area contributed by atoms with Crippen molar-refractivity contribution in [3.05, 3.63) is 0 Å². The maximum absolute atomic E-state index is 10.2. The Morgan fingerprint density at radius 2 is 1.48 bits per heavy atom. The number of rotatable bonds is 8. The van der Waals surface area contributed by atoms with Crippen LogP contribution in [0.5, 0.6) is 0 Å². The molecule has 0 bridgehead atoms. The van der Waals surface area contributed by atoms with Gasteiger partial charge in [0, 0.05) is 0 Å². The lowest BCUT2D eigenvalue weighted by Crippen LogP contribution is -2.30. The molecule has 0 N–H and O–H groups in total. The van der Waals surface area contributed by atoms with Crippen molar-refractivity contribution in [2.24, 2.45) is 25.4 Å². The largest absolute Gasteiger partial charge is 0.235 e. The second kappa shape index (κ2) is 13.7. The molecule has 0 aromatic rings. The number of isocyanates is 4. The SMILES string of the molecule is CC1(N=C=O)CCC(N=C=O)CC1.O=C=NCCCC1(CN=C=O)CCCCC1. The van der Waals surface area contributed by atoms with E-state index in [0.29, 0.717) is 13.1 Å². The maximum Gasteiger partial charge on any atom is 0.235 e. The summed E-state index contributed by atoms with van der Waals surface area (Å²) in [5, 5.41) is 0. The molecular formula is C21H30N4O4. The van der Waals surface area contributed by atoms with E-state index in [2.05, 4.69) is 20.0 Å². The van der Waals surface area contributed by atoms with E-state index in [9.17, 15) is 19.2 Å². The number of carbonyl (C=O) groups excluding carboxylic acids is 4. The Kier molecular flexibility index (Phi) is 11.6. The van der Waals surface area contributed by atoms with Gasteiger partial charge in [0.2, 0.25) is 24.3 Å². The molecule has 2 aliphatic carbocycles. The summed E-state index contributed by atoms with van der Waals surface area (Å²) in [4.78, 5) is 55.0. The predicted octanol–water partition coefficient (Wildman–Crippen LogP) is 3.75. The molecule has 29 heavy (non-hydrogen) atoms. The molecular weight excluding hydrogens is 372 g/mol. The molecule has 0 spiro atoms. The minimum atomic E-state index is -0.281. The number of nitrogens with zero attached hydrogens (tertiary/aromatic N) is 4. The molecule has 0 atom stereocenters. The highest BCUT2D eigenvalue weighted by molar-refractivity contribution is 5.35. The summed E-state index contributed by atoms with van der Waals surface area (Å²) in [6, 6.07) is 0.0763. The highest BCUT2D eigenvalue weighted by Gasteiger charge is 2.31. The van der Waals surface area contributed by atoms with Crippen LogP contribution in [0.2, 0.25) is 0 Å². The van der Waals surface area contributed by atoms with E-state index in [-0.39, 0.29) is 17.0 Å². The fraction of sp³-hybridized carbons (Fsp3) is 0.810. The van der Waals surface area contributed by atoms with Crippen molar-refractivity contribution in [3.8, 4) is 0 Å². The third-order valence-corrected chi connectivity index (χ3v) is 6.02. The molecule has 8 nitrogen and oxygen atoms in total. The van der Waals surface area contributed by atoms with Gasteiger partial charge in [-0.1, -0.05) is 19.3 Å². The first-order valence-electron chi connectivity index (χ1n) is 10.3. The van der Waals surface area contributed by atoms with E-state index in [0.717, 1.165) is 51.4 Å². The molecule has 0 aromatic carbocycles. The summed E-state index contributed by atoms with van der Waals surface area (Å²) >= 11 is 0. The van der Waals surface area contributed by atoms with Crippen molar-refractivity contribution in [2.45, 2.75) is 89.1 Å². The van der Waals surface area contributed by atoms with E-state index in [1.54, 1.807) is 24.3 Å². The van der Waals surface area contributed by atoms with Crippen LogP contribution in [0.25, 0.3) is 0 Å². The summed E-state index contributed by atoms with van der Waals surface area (Å²) in [6.07, 6.45) is 17.3. The molecule has 2 rings (SSSR count). The predicted molar refractivity (Wildman–Crippen MR) is 108 cm³/mol. The van der Waals surface area contributed by atoms with Crippen LogP contribution >= 0.6 is 0 Å². The molecule has 0 unspecified atom stereocenters. The normalized spacial score (nSPS) is 24.8. The van der Waals surface area contributed by atoms with Gasteiger partial charge in [0.25, 0.3) is 0 Å². The van der Waals surface area contributed by atoms with Crippen molar-refractivity contribution in [2.75, 3.05) is 13.1 Å². The monoisotopic (exact) mass is 402 g/mol. The van der Waals surface area contributed by atoms with E-state index in [4.69, 9.17) is 0 Å². The minimum Gasteiger partial charge on any atom is -0.211 e. The number of aliphatic imine (C=N–C) groups is 4. The molecule has 0 amide bonds. The second-order valence-electron chi connectivity index (χ2n) is 8.20. The van der Waals surface area contributed by atoms with E-state index < -0.39 is 0 Å². The fourth-order valence-electron chi connectivity index (χ4n) is 4.22. The van der Waals surface area contributed by atoms with Gasteiger partial charge in [-0.05, 0) is 63.7 Å². The molecule has 0 heterocycles. The van der Waals surface area contributed by atoms with Gasteiger partial charge in [-0.2, -0.15) is 4.99 Å². The zero-order chi connectivity index (χ0) is 21.4. The van der Waals surface area contributed by atoms with Gasteiger partial charge in [0.05, 0.1) is 24.7 Å². The van der Waals surface area contributed by atoms with E-state index >= 15 is 0 Å². The van der Waals surface area contributed by atoms with Gasteiger partial charge in [-0.25, -0.2) is 34.2 Å². The van der Waals surface area contributed by atoms with E-state index in [1.165, 1.54) is 19.3 Å². The van der Waals surface area contributed by atoms with E-state index in [1.807, 2.05) is 6.92 Å². The second-order valence-corrected chi connectivity index (χ2v) is 8.20. The van der Waals surface area contributed by atoms with Crippen LogP contribution in [0.3, 0.4) is 0 Å². The maximum atomic E-state index is 10.2. The molecule has 2 fully saturated rings. The average molecular weight is 402 g/mol. The summed E-state index contributed by atoms with van der Waals surface area (Å²) < 4.78 is 0. The topological polar surface area (TPSA) is 118 Å². The van der Waals surface area contributed by atoms with Crippen LogP contribution in [-0.2, 0) is 19.2 Å². The smallest absolute Gasteiger partial charge is 0.211 e. The van der Waals surface area contributed by atoms with Crippen molar-refractivity contribution < 1.29 is 19.2 Å². The van der Waals surface area contributed by atoms with Gasteiger partial charge in [-0.15, -0.1) is 0 Å². The third-order valence-electron chi connectivity index (χ3n) is 6.02. The Labute approximate surface area is 171 Å². The molecule has 0 saturated heterocycles. The Balaban J connectivity index is 0.000000296. The Morgan fingerprint density at radius 1 is 0.828 bits per heavy atom. The summed E-state index contributed by atoms with van der Waals surface area (Å²) in [6.45, 7) is 3.05. The van der Waals surface area contributed by atoms with Crippen LogP contribution < -0.4 is 0 Å². The third kappa shape index (κ3) is 9.51. The lowest BCUT2D eigenvalue weighted by atomic mass is 9.71. The van der Waals surface area contributed by atoms with Gasteiger partial charge in [0.1, 0.15) is 0 Å². The molecule has 0 aromatic heterocycles. The average Bonchev–Trinajstić information content (AvgIpc) is 2.73. The van der Waals surface area contributed by atoms with Gasteiger partial charge < -0.3 is 0 Å². The van der Waals surface area contributed by atoms with Crippen molar-refractivity contribution in [1.29, 1.82) is 0 Å². The zero-order valence-corrected chi connectivity index (χ0v) is 17.2. The Morgan fingerprint density at radius 3 is 2.03 bits per heavy atom. The Bertz CT molecular complexity index is 683. The summed E-state index contributed by atoms with van der Waals surface area (Å²) in [5.74, 6) is 0. The summed E-state index contributed by atoms with van der Waals surface area (Å²) in [7, 11) is 0. The highest BCUT2D eigenvalue weighted by atomic mass is 16.1. The van der Waals surface area contributed by atoms with Crippen molar-refractivity contribution in [1.82, 2.24) is 0 Å². The first-order chi connectivity index (χ1) is 14.0. The van der Waals surface area contributed by atoms with Crippen LogP contribution in [0, 0.1) is 5.41 Å². The molecule has 2 aliphatic rings. The fourth-order valence-corrected chi connectivity index (χ4v) is 4.22. The van der Waals surface area contributed by atoms with Gasteiger partial charge in [0.15, 0.2) is 0 Å². The van der Waals surface area contributed by atoms with Crippen molar-refractivity contribution in [3.63, 3.8) is 0 Å². The molecule has 158 valence electrons. The van der Waals surface area contributed by atoms with Crippen LogP contribution in [0.4, 0.5) is 0 Å². The molecule has 0 aliphatic heterocycles. The first kappa shape index (κ1) is 24.6. The molecule has 0 radical (unpaired) electrons. The highest BCUT2D eigenvalue weighted by Crippen LogP contribution is 2.40. The minimum absolute atomic E-state index is 0.0763. The molecule has 8 heteroatoms. The lowest BCUT2D eigenvalue weighted by molar-refractivity contribution is 0.180. The van der Waals surface area contributed by atoms with Crippen LogP contribution in [-0.4, -0.2) is 49.0 Å². The van der Waals surface area contributed by atoms with Crippen molar-refractivity contribution >= 4 is 24.3 Å². The Hall–Kier alpha value is -2.48. The quantitative estimate of drug-likeness (QED) is 0.349. The first-order valence-corrected chi connectivity index (χ1v) is 10.3. The van der Waals surface area contributed by atoms with Gasteiger partial charge >= 0.3 is 0 Å². The van der Waals surface area contributed by atoms with Gasteiger partial charge in [-0.3, -0.25) is 0 Å². The summed E-state index contributed by atoms with van der Waals surface area (Å²) in [5.41, 5.74) is -0.120. The standard InChI is InChI=1S/C12H18N2O2.C9H12N2O2/c15-10-13-8-4-7-12(9-14-11-16)5-2-1-3-6-12;1-9(11-7-13)4-2-8(3-5-9)10-6-12/h1-9H2;8H,2-5H2,1H3. The van der Waals surface area contributed by atoms with Crippen LogP contribution in [0.1, 0.15) is 77.6 Å². The van der Waals surface area contributed by atoms with Crippen LogP contribution in [0.15, 0.2) is 20.0 Å². The number of hydrogen-bond acceptors (Lipinski definition) is 8. The molecule has 2 saturated carbocycles. The lowest BCUT2D eigenvalue weighted by Gasteiger charge is -2.35.